The smallest absolute Gasteiger partial charge is 0.0905 e. The molecule has 0 N–H and O–H groups in total. The summed E-state index contributed by atoms with van der Waals surface area (Å²) in [5.41, 5.74) is 2.05. The molecule has 0 radical (unpaired) electrons. The molecule has 0 fully saturated rings. The van der Waals surface area contributed by atoms with E-state index in [2.05, 4.69) is 6.07 Å². The third kappa shape index (κ3) is 6.50. The molecular weight excluding hydrogens is 393 g/mol. The Labute approximate surface area is 178 Å². The maximum absolute atomic E-state index is 9.98. The predicted octanol–water partition coefficient (Wildman–Crippen LogP) is 6.81. The third-order valence-electron chi connectivity index (χ3n) is 4.73. The number of rotatable bonds is 11. The number of nitrogens with zero attached hydrogens (tertiary/aromatic N) is 1. The minimum Gasteiger partial charge on any atom is -0.382 e. The van der Waals surface area contributed by atoms with Gasteiger partial charge in [-0.05, 0) is 62.1 Å². The lowest BCUT2D eigenvalue weighted by atomic mass is 9.78. The van der Waals surface area contributed by atoms with Crippen molar-refractivity contribution in [1.82, 2.24) is 0 Å². The molecule has 150 valence electrons. The highest BCUT2D eigenvalue weighted by atomic mass is 35.5. The van der Waals surface area contributed by atoms with Crippen LogP contribution in [0.2, 0.25) is 10.0 Å². The van der Waals surface area contributed by atoms with E-state index in [0.717, 1.165) is 24.0 Å². The molecule has 0 saturated heterocycles. The molecule has 0 spiro atoms. The normalized spacial score (nSPS) is 14.2. The van der Waals surface area contributed by atoms with Gasteiger partial charge in [0.25, 0.3) is 0 Å². The second-order valence-electron chi connectivity index (χ2n) is 6.58. The Hall–Kier alpha value is -1.57. The van der Waals surface area contributed by atoms with Gasteiger partial charge in [0.05, 0.1) is 18.1 Å². The molecule has 28 heavy (non-hydrogen) atoms. The summed E-state index contributed by atoms with van der Waals surface area (Å²) in [7, 11) is 0. The highest BCUT2D eigenvalue weighted by molar-refractivity contribution is 6.30. The van der Waals surface area contributed by atoms with Crippen LogP contribution in [0.5, 0.6) is 0 Å². The van der Waals surface area contributed by atoms with Crippen molar-refractivity contribution in [3.8, 4) is 6.07 Å². The highest BCUT2D eigenvalue weighted by Gasteiger charge is 2.32. The molecule has 2 aromatic rings. The van der Waals surface area contributed by atoms with E-state index in [4.69, 9.17) is 32.7 Å². The van der Waals surface area contributed by atoms with Gasteiger partial charge >= 0.3 is 0 Å². The maximum Gasteiger partial charge on any atom is 0.0905 e. The highest BCUT2D eigenvalue weighted by Crippen LogP contribution is 2.41. The van der Waals surface area contributed by atoms with E-state index in [1.165, 1.54) is 0 Å². The first kappa shape index (κ1) is 22.7. The summed E-state index contributed by atoms with van der Waals surface area (Å²) < 4.78 is 11.6. The summed E-state index contributed by atoms with van der Waals surface area (Å²) in [5.74, 6) is -0.334. The Morgan fingerprint density at radius 1 is 0.893 bits per heavy atom. The van der Waals surface area contributed by atoms with Crippen molar-refractivity contribution in [3.05, 3.63) is 69.7 Å². The molecule has 3 nitrogen and oxygen atoms in total. The molecule has 0 aliphatic heterocycles. The van der Waals surface area contributed by atoms with Crippen molar-refractivity contribution in [2.24, 2.45) is 5.92 Å². The molecule has 0 bridgehead atoms. The van der Waals surface area contributed by atoms with E-state index in [1.54, 1.807) is 0 Å². The van der Waals surface area contributed by atoms with Crippen LogP contribution in [0.15, 0.2) is 48.5 Å². The van der Waals surface area contributed by atoms with Crippen LogP contribution in [-0.2, 0) is 9.47 Å². The quantitative estimate of drug-likeness (QED) is 0.375. The zero-order chi connectivity index (χ0) is 20.4. The lowest BCUT2D eigenvalue weighted by molar-refractivity contribution is 0.0295. The van der Waals surface area contributed by atoms with Crippen molar-refractivity contribution in [1.29, 1.82) is 5.26 Å². The van der Waals surface area contributed by atoms with Crippen LogP contribution in [0.3, 0.4) is 0 Å². The Bertz CT molecular complexity index is 741. The summed E-state index contributed by atoms with van der Waals surface area (Å²) in [6, 6.07) is 17.9. The maximum atomic E-state index is 9.98. The average Bonchev–Trinajstić information content (AvgIpc) is 2.71. The monoisotopic (exact) mass is 419 g/mol. The second kappa shape index (κ2) is 12.1. The molecule has 0 amide bonds. The minimum absolute atomic E-state index is 0.120. The largest absolute Gasteiger partial charge is 0.382 e. The fraction of sp³-hybridized carbons (Fsp3) is 0.435. The predicted molar refractivity (Wildman–Crippen MR) is 115 cm³/mol. The Kier molecular flexibility index (Phi) is 9.81. The SMILES string of the molecule is CCOCCCC(C#N)C(c1ccc(Cl)cc1)C(OCC)c1ccc(Cl)cc1. The van der Waals surface area contributed by atoms with Crippen LogP contribution < -0.4 is 0 Å². The van der Waals surface area contributed by atoms with Gasteiger partial charge in [0.2, 0.25) is 0 Å². The van der Waals surface area contributed by atoms with Gasteiger partial charge in [0.1, 0.15) is 0 Å². The van der Waals surface area contributed by atoms with Crippen molar-refractivity contribution < 1.29 is 9.47 Å². The molecule has 3 atom stereocenters. The summed E-state index contributed by atoms with van der Waals surface area (Å²) in [5, 5.41) is 11.3. The number of benzene rings is 2. The van der Waals surface area contributed by atoms with Gasteiger partial charge in [-0.3, -0.25) is 0 Å². The van der Waals surface area contributed by atoms with Crippen molar-refractivity contribution in [2.45, 2.75) is 38.7 Å². The average molecular weight is 420 g/mol. The first-order valence-corrected chi connectivity index (χ1v) is 10.5. The number of hydrogen-bond acceptors (Lipinski definition) is 3. The van der Waals surface area contributed by atoms with Gasteiger partial charge in [-0.2, -0.15) is 5.26 Å². The van der Waals surface area contributed by atoms with Crippen LogP contribution in [0, 0.1) is 17.2 Å². The molecule has 0 aromatic heterocycles. The first-order chi connectivity index (χ1) is 13.6. The summed E-state index contributed by atoms with van der Waals surface area (Å²) in [6.07, 6.45) is 1.32. The molecule has 2 aromatic carbocycles. The van der Waals surface area contributed by atoms with Crippen molar-refractivity contribution >= 4 is 23.2 Å². The molecule has 3 unspecified atom stereocenters. The van der Waals surface area contributed by atoms with E-state index in [0.29, 0.717) is 29.9 Å². The van der Waals surface area contributed by atoms with Gasteiger partial charge in [-0.1, -0.05) is 47.5 Å². The summed E-state index contributed by atoms with van der Waals surface area (Å²) in [6.45, 7) is 5.84. The third-order valence-corrected chi connectivity index (χ3v) is 5.24. The van der Waals surface area contributed by atoms with Crippen LogP contribution >= 0.6 is 23.2 Å². The number of halogens is 2. The van der Waals surface area contributed by atoms with Crippen LogP contribution in [-0.4, -0.2) is 19.8 Å². The van der Waals surface area contributed by atoms with E-state index >= 15 is 0 Å². The van der Waals surface area contributed by atoms with Crippen molar-refractivity contribution in [3.63, 3.8) is 0 Å². The van der Waals surface area contributed by atoms with E-state index in [1.807, 2.05) is 62.4 Å². The van der Waals surface area contributed by atoms with Gasteiger partial charge in [0, 0.05) is 35.8 Å². The topological polar surface area (TPSA) is 42.2 Å². The molecule has 0 aliphatic carbocycles. The van der Waals surface area contributed by atoms with Crippen LogP contribution in [0.25, 0.3) is 0 Å². The lowest BCUT2D eigenvalue weighted by Gasteiger charge is -2.31. The number of ether oxygens (including phenoxy) is 2. The zero-order valence-corrected chi connectivity index (χ0v) is 17.9. The van der Waals surface area contributed by atoms with E-state index in [9.17, 15) is 5.26 Å². The Morgan fingerprint density at radius 3 is 1.96 bits per heavy atom. The van der Waals surface area contributed by atoms with E-state index in [-0.39, 0.29) is 17.9 Å². The molecule has 0 heterocycles. The lowest BCUT2D eigenvalue weighted by Crippen LogP contribution is -2.22. The first-order valence-electron chi connectivity index (χ1n) is 9.70. The standard InChI is InChI=1S/C23H27Cl2NO2/c1-3-27-15-5-6-19(16-26)22(17-7-11-20(24)12-8-17)23(28-4-2)18-9-13-21(25)14-10-18/h7-14,19,22-23H,3-6,15H2,1-2H3. The summed E-state index contributed by atoms with van der Waals surface area (Å²) in [4.78, 5) is 0. The van der Waals surface area contributed by atoms with Gasteiger partial charge in [-0.25, -0.2) is 0 Å². The molecule has 5 heteroatoms. The molecule has 0 aliphatic rings. The fourth-order valence-electron chi connectivity index (χ4n) is 3.42. The van der Waals surface area contributed by atoms with Gasteiger partial charge in [0.15, 0.2) is 0 Å². The van der Waals surface area contributed by atoms with Crippen molar-refractivity contribution in [2.75, 3.05) is 19.8 Å². The molecular formula is C23H27Cl2NO2. The van der Waals surface area contributed by atoms with Crippen LogP contribution in [0.1, 0.15) is 49.8 Å². The molecule has 2 rings (SSSR count). The van der Waals surface area contributed by atoms with Gasteiger partial charge in [-0.15, -0.1) is 0 Å². The fourth-order valence-corrected chi connectivity index (χ4v) is 3.67. The summed E-state index contributed by atoms with van der Waals surface area (Å²) >= 11 is 12.2. The second-order valence-corrected chi connectivity index (χ2v) is 7.45. The van der Waals surface area contributed by atoms with Crippen LogP contribution in [0.4, 0.5) is 0 Å². The Morgan fingerprint density at radius 2 is 1.46 bits per heavy atom. The number of hydrogen-bond donors (Lipinski definition) is 0. The van der Waals surface area contributed by atoms with E-state index < -0.39 is 0 Å². The van der Waals surface area contributed by atoms with Gasteiger partial charge < -0.3 is 9.47 Å². The zero-order valence-electron chi connectivity index (χ0n) is 16.4. The Balaban J connectivity index is 2.40. The molecule has 0 saturated carbocycles. The minimum atomic E-state index is -0.250. The number of nitriles is 1.